The minimum absolute atomic E-state index is 0.202. The van der Waals surface area contributed by atoms with Gasteiger partial charge in [0.1, 0.15) is 0 Å². The summed E-state index contributed by atoms with van der Waals surface area (Å²) in [5, 5.41) is 10.2. The van der Waals surface area contributed by atoms with Crippen molar-refractivity contribution in [1.29, 1.82) is 0 Å². The molecule has 5 heteroatoms. The maximum absolute atomic E-state index is 13.6. The van der Waals surface area contributed by atoms with Crippen molar-refractivity contribution < 1.29 is 14.2 Å². The highest BCUT2D eigenvalue weighted by molar-refractivity contribution is 9.11. The summed E-state index contributed by atoms with van der Waals surface area (Å²) in [6.45, 7) is 0. The van der Waals surface area contributed by atoms with Gasteiger partial charge in [-0.25, -0.2) is 4.39 Å². The van der Waals surface area contributed by atoms with Gasteiger partial charge in [0.25, 0.3) is 0 Å². The molecule has 0 bridgehead atoms. The van der Waals surface area contributed by atoms with E-state index in [0.717, 1.165) is 14.5 Å². The van der Waals surface area contributed by atoms with E-state index < -0.39 is 11.9 Å². The van der Waals surface area contributed by atoms with E-state index in [1.54, 1.807) is 12.1 Å². The zero-order valence-corrected chi connectivity index (χ0v) is 13.9. The van der Waals surface area contributed by atoms with E-state index >= 15 is 0 Å². The highest BCUT2D eigenvalue weighted by Gasteiger charge is 2.12. The van der Waals surface area contributed by atoms with Gasteiger partial charge in [-0.15, -0.1) is 0 Å². The first-order chi connectivity index (χ1) is 9.49. The molecule has 1 atom stereocenters. The molecule has 2 rings (SSSR count). The average molecular weight is 404 g/mol. The number of methoxy groups -OCH3 is 1. The van der Waals surface area contributed by atoms with E-state index in [4.69, 9.17) is 4.74 Å². The van der Waals surface area contributed by atoms with Gasteiger partial charge in [-0.2, -0.15) is 0 Å². The van der Waals surface area contributed by atoms with Crippen molar-refractivity contribution in [2.75, 3.05) is 7.11 Å². The Kier molecular flexibility index (Phi) is 5.18. The van der Waals surface area contributed by atoms with Crippen LogP contribution in [0.4, 0.5) is 4.39 Å². The molecule has 0 aromatic heterocycles. The second-order valence-corrected chi connectivity index (χ2v) is 6.22. The van der Waals surface area contributed by atoms with Gasteiger partial charge in [0.2, 0.25) is 0 Å². The monoisotopic (exact) mass is 402 g/mol. The smallest absolute Gasteiger partial charge is 0.165 e. The van der Waals surface area contributed by atoms with E-state index in [-0.39, 0.29) is 5.75 Å². The van der Waals surface area contributed by atoms with Crippen LogP contribution in [0.3, 0.4) is 0 Å². The van der Waals surface area contributed by atoms with Crippen LogP contribution in [-0.2, 0) is 6.42 Å². The molecule has 0 saturated carbocycles. The number of halogens is 3. The summed E-state index contributed by atoms with van der Waals surface area (Å²) in [6, 6.07) is 10.3. The van der Waals surface area contributed by atoms with Crippen LogP contribution in [0.5, 0.6) is 5.75 Å². The van der Waals surface area contributed by atoms with Crippen LogP contribution in [0.2, 0.25) is 0 Å². The van der Waals surface area contributed by atoms with E-state index in [2.05, 4.69) is 31.9 Å². The number of hydrogen-bond acceptors (Lipinski definition) is 2. The highest BCUT2D eigenvalue weighted by atomic mass is 79.9. The number of ether oxygens (including phenoxy) is 1. The van der Waals surface area contributed by atoms with Gasteiger partial charge in [0.05, 0.1) is 13.2 Å². The fourth-order valence-corrected chi connectivity index (χ4v) is 3.27. The van der Waals surface area contributed by atoms with Crippen molar-refractivity contribution in [2.45, 2.75) is 12.5 Å². The normalized spacial score (nSPS) is 12.2. The third kappa shape index (κ3) is 3.81. The lowest BCUT2D eigenvalue weighted by Crippen LogP contribution is -2.02. The van der Waals surface area contributed by atoms with Crippen LogP contribution in [0, 0.1) is 5.82 Å². The second kappa shape index (κ2) is 6.70. The van der Waals surface area contributed by atoms with Gasteiger partial charge in [-0.1, -0.05) is 37.9 Å². The number of aliphatic hydroxyl groups excluding tert-OH is 1. The largest absolute Gasteiger partial charge is 0.494 e. The standard InChI is InChI=1S/C15H13Br2FO2/c1-20-15-3-2-9(4-13(15)18)5-14(19)10-6-11(16)8-12(17)7-10/h2-4,6-8,14,19H,5H2,1H3. The lowest BCUT2D eigenvalue weighted by molar-refractivity contribution is 0.178. The van der Waals surface area contributed by atoms with E-state index in [1.807, 2.05) is 18.2 Å². The molecule has 1 N–H and O–H groups in total. The molecule has 2 aromatic rings. The fourth-order valence-electron chi connectivity index (χ4n) is 1.95. The maximum atomic E-state index is 13.6. The lowest BCUT2D eigenvalue weighted by Gasteiger charge is -2.13. The molecule has 0 saturated heterocycles. The third-order valence-electron chi connectivity index (χ3n) is 2.91. The summed E-state index contributed by atoms with van der Waals surface area (Å²) < 4.78 is 20.2. The molecule has 1 unspecified atom stereocenters. The predicted molar refractivity (Wildman–Crippen MR) is 83.5 cm³/mol. The van der Waals surface area contributed by atoms with Crippen molar-refractivity contribution >= 4 is 31.9 Å². The summed E-state index contributed by atoms with van der Waals surface area (Å²) in [5.41, 5.74) is 1.48. The first kappa shape index (κ1) is 15.5. The van der Waals surface area contributed by atoms with Crippen molar-refractivity contribution in [1.82, 2.24) is 0 Å². The van der Waals surface area contributed by atoms with Crippen LogP contribution < -0.4 is 4.74 Å². The molecule has 0 aliphatic rings. The SMILES string of the molecule is COc1ccc(CC(O)c2cc(Br)cc(Br)c2)cc1F. The molecule has 0 radical (unpaired) electrons. The fraction of sp³-hybridized carbons (Fsp3) is 0.200. The Morgan fingerprint density at radius 2 is 1.80 bits per heavy atom. The molecular weight excluding hydrogens is 391 g/mol. The molecule has 0 aliphatic heterocycles. The van der Waals surface area contributed by atoms with E-state index in [1.165, 1.54) is 13.2 Å². The Labute approximate surface area is 133 Å². The molecule has 0 aliphatic carbocycles. The Morgan fingerprint density at radius 1 is 1.15 bits per heavy atom. The summed E-state index contributed by atoms with van der Waals surface area (Å²) in [5.74, 6) is -0.221. The number of aliphatic hydroxyl groups is 1. The Balaban J connectivity index is 2.18. The number of rotatable bonds is 4. The lowest BCUT2D eigenvalue weighted by atomic mass is 10.0. The molecular formula is C15H13Br2FO2. The van der Waals surface area contributed by atoms with Crippen LogP contribution in [0.25, 0.3) is 0 Å². The van der Waals surface area contributed by atoms with Gasteiger partial charge in [-0.3, -0.25) is 0 Å². The topological polar surface area (TPSA) is 29.5 Å². The Bertz CT molecular complexity index is 597. The van der Waals surface area contributed by atoms with Gasteiger partial charge >= 0.3 is 0 Å². The van der Waals surface area contributed by atoms with Crippen LogP contribution in [-0.4, -0.2) is 12.2 Å². The summed E-state index contributed by atoms with van der Waals surface area (Å²) in [4.78, 5) is 0. The minimum Gasteiger partial charge on any atom is -0.494 e. The molecule has 0 amide bonds. The average Bonchev–Trinajstić information content (AvgIpc) is 2.37. The minimum atomic E-state index is -0.698. The zero-order chi connectivity index (χ0) is 14.7. The highest BCUT2D eigenvalue weighted by Crippen LogP contribution is 2.27. The van der Waals surface area contributed by atoms with Gasteiger partial charge < -0.3 is 9.84 Å². The van der Waals surface area contributed by atoms with Crippen molar-refractivity contribution in [2.24, 2.45) is 0 Å². The van der Waals surface area contributed by atoms with Gasteiger partial charge in [0.15, 0.2) is 11.6 Å². The van der Waals surface area contributed by atoms with Gasteiger partial charge in [-0.05, 0) is 41.5 Å². The Morgan fingerprint density at radius 3 is 2.35 bits per heavy atom. The molecule has 106 valence electrons. The maximum Gasteiger partial charge on any atom is 0.165 e. The van der Waals surface area contributed by atoms with Crippen LogP contribution in [0.15, 0.2) is 45.3 Å². The van der Waals surface area contributed by atoms with Crippen molar-refractivity contribution in [3.05, 3.63) is 62.3 Å². The molecule has 2 aromatic carbocycles. The molecule has 20 heavy (non-hydrogen) atoms. The first-order valence-electron chi connectivity index (χ1n) is 5.96. The van der Waals surface area contributed by atoms with Crippen molar-refractivity contribution in [3.8, 4) is 5.75 Å². The summed E-state index contributed by atoms with van der Waals surface area (Å²) in [7, 11) is 1.42. The van der Waals surface area contributed by atoms with Crippen molar-refractivity contribution in [3.63, 3.8) is 0 Å². The number of benzene rings is 2. The van der Waals surface area contributed by atoms with Gasteiger partial charge in [0, 0.05) is 15.4 Å². The quantitative estimate of drug-likeness (QED) is 0.805. The molecule has 2 nitrogen and oxygen atoms in total. The van der Waals surface area contributed by atoms with Crippen LogP contribution in [0.1, 0.15) is 17.2 Å². The molecule has 0 heterocycles. The summed E-state index contributed by atoms with van der Waals surface area (Å²) in [6.07, 6.45) is -0.360. The first-order valence-corrected chi connectivity index (χ1v) is 7.54. The zero-order valence-electron chi connectivity index (χ0n) is 10.7. The second-order valence-electron chi connectivity index (χ2n) is 4.39. The van der Waals surface area contributed by atoms with E-state index in [9.17, 15) is 9.50 Å². The van der Waals surface area contributed by atoms with Crippen LogP contribution >= 0.6 is 31.9 Å². The molecule has 0 fully saturated rings. The number of hydrogen-bond donors (Lipinski definition) is 1. The predicted octanol–water partition coefficient (Wildman–Crippen LogP) is 4.64. The van der Waals surface area contributed by atoms with E-state index in [0.29, 0.717) is 12.0 Å². The summed E-state index contributed by atoms with van der Waals surface area (Å²) >= 11 is 6.76. The Hall–Kier alpha value is -0.910. The third-order valence-corrected chi connectivity index (χ3v) is 3.83. The molecule has 0 spiro atoms.